The zero-order valence-electron chi connectivity index (χ0n) is 10.9. The Balaban J connectivity index is 2.26. The predicted octanol–water partition coefficient (Wildman–Crippen LogP) is 2.79. The molecule has 2 rings (SSSR count). The van der Waals surface area contributed by atoms with E-state index in [9.17, 15) is 4.79 Å². The predicted molar refractivity (Wildman–Crippen MR) is 71.7 cm³/mol. The Morgan fingerprint density at radius 3 is 2.63 bits per heavy atom. The van der Waals surface area contributed by atoms with Crippen LogP contribution in [0.2, 0.25) is 0 Å². The first-order valence-corrected chi connectivity index (χ1v) is 5.91. The highest BCUT2D eigenvalue weighted by molar-refractivity contribution is 5.83. The monoisotopic (exact) mass is 257 g/mol. The van der Waals surface area contributed by atoms with Crippen molar-refractivity contribution in [1.82, 2.24) is 4.98 Å². The van der Waals surface area contributed by atoms with Crippen LogP contribution < -0.4 is 9.47 Å². The van der Waals surface area contributed by atoms with Crippen LogP contribution in [0.15, 0.2) is 36.5 Å². The van der Waals surface area contributed by atoms with E-state index in [2.05, 4.69) is 4.98 Å². The van der Waals surface area contributed by atoms with Crippen molar-refractivity contribution in [2.45, 2.75) is 13.5 Å². The van der Waals surface area contributed by atoms with E-state index < -0.39 is 0 Å². The molecule has 0 bridgehead atoms. The molecule has 1 heterocycles. The molecule has 0 aliphatic rings. The standard InChI is InChI=1S/C15H15NO3/c1-11-15(13(9-17)14(18-2)8-16-11)19-10-12-6-4-3-5-7-12/h3-9H,10H2,1-2H3. The van der Waals surface area contributed by atoms with Gasteiger partial charge in [0.2, 0.25) is 0 Å². The van der Waals surface area contributed by atoms with Gasteiger partial charge in [-0.15, -0.1) is 0 Å². The minimum atomic E-state index is 0.386. The molecule has 0 saturated carbocycles. The normalized spacial score (nSPS) is 10.0. The molecule has 0 saturated heterocycles. The number of pyridine rings is 1. The molecular weight excluding hydrogens is 242 g/mol. The Kier molecular flexibility index (Phi) is 4.13. The summed E-state index contributed by atoms with van der Waals surface area (Å²) in [6.45, 7) is 2.18. The summed E-state index contributed by atoms with van der Waals surface area (Å²) >= 11 is 0. The fraction of sp³-hybridized carbons (Fsp3) is 0.200. The maximum Gasteiger partial charge on any atom is 0.157 e. The molecule has 0 atom stereocenters. The molecule has 4 nitrogen and oxygen atoms in total. The van der Waals surface area contributed by atoms with Crippen molar-refractivity contribution in [1.29, 1.82) is 0 Å². The third-order valence-corrected chi connectivity index (χ3v) is 2.78. The van der Waals surface area contributed by atoms with Gasteiger partial charge in [-0.1, -0.05) is 30.3 Å². The Hall–Kier alpha value is -2.36. The van der Waals surface area contributed by atoms with Gasteiger partial charge in [0.05, 0.1) is 19.0 Å². The highest BCUT2D eigenvalue weighted by Gasteiger charge is 2.14. The summed E-state index contributed by atoms with van der Waals surface area (Å²) in [6, 6.07) is 9.75. The fourth-order valence-corrected chi connectivity index (χ4v) is 1.78. The molecule has 0 radical (unpaired) electrons. The number of nitrogens with zero attached hydrogens (tertiary/aromatic N) is 1. The zero-order valence-corrected chi connectivity index (χ0v) is 10.9. The third kappa shape index (κ3) is 2.91. The number of benzene rings is 1. The quantitative estimate of drug-likeness (QED) is 0.773. The van der Waals surface area contributed by atoms with E-state index in [0.717, 1.165) is 11.8 Å². The van der Waals surface area contributed by atoms with E-state index in [1.807, 2.05) is 30.3 Å². The topological polar surface area (TPSA) is 48.4 Å². The van der Waals surface area contributed by atoms with E-state index in [4.69, 9.17) is 9.47 Å². The van der Waals surface area contributed by atoms with Gasteiger partial charge >= 0.3 is 0 Å². The van der Waals surface area contributed by atoms with Gasteiger partial charge in [0.1, 0.15) is 12.2 Å². The maximum atomic E-state index is 11.2. The van der Waals surface area contributed by atoms with Gasteiger partial charge in [-0.25, -0.2) is 0 Å². The van der Waals surface area contributed by atoms with Crippen LogP contribution in [0.5, 0.6) is 11.5 Å². The molecule has 0 amide bonds. The number of aromatic nitrogens is 1. The van der Waals surface area contributed by atoms with Crippen molar-refractivity contribution in [2.24, 2.45) is 0 Å². The van der Waals surface area contributed by atoms with Gasteiger partial charge < -0.3 is 9.47 Å². The molecule has 0 aliphatic carbocycles. The van der Waals surface area contributed by atoms with Crippen LogP contribution in [-0.2, 0) is 6.61 Å². The summed E-state index contributed by atoms with van der Waals surface area (Å²) in [5.74, 6) is 0.891. The Morgan fingerprint density at radius 2 is 2.00 bits per heavy atom. The number of ether oxygens (including phenoxy) is 2. The summed E-state index contributed by atoms with van der Waals surface area (Å²) < 4.78 is 10.8. The molecule has 0 fully saturated rings. The Labute approximate surface area is 112 Å². The van der Waals surface area contributed by atoms with Crippen molar-refractivity contribution in [2.75, 3.05) is 7.11 Å². The second-order valence-corrected chi connectivity index (χ2v) is 4.05. The maximum absolute atomic E-state index is 11.2. The van der Waals surface area contributed by atoms with E-state index in [-0.39, 0.29) is 0 Å². The summed E-state index contributed by atoms with van der Waals surface area (Å²) in [5.41, 5.74) is 2.09. The average Bonchev–Trinajstić information content (AvgIpc) is 2.46. The number of aldehydes is 1. The largest absolute Gasteiger partial charge is 0.494 e. The van der Waals surface area contributed by atoms with Gasteiger partial charge in [0, 0.05) is 0 Å². The van der Waals surface area contributed by atoms with Gasteiger partial charge in [-0.3, -0.25) is 9.78 Å². The molecule has 0 spiro atoms. The van der Waals surface area contributed by atoms with Gasteiger partial charge in [-0.05, 0) is 12.5 Å². The SMILES string of the molecule is COc1cnc(C)c(OCc2ccccc2)c1C=O. The number of rotatable bonds is 5. The fourth-order valence-electron chi connectivity index (χ4n) is 1.78. The average molecular weight is 257 g/mol. The second kappa shape index (κ2) is 6.00. The number of hydrogen-bond donors (Lipinski definition) is 0. The molecule has 0 unspecified atom stereocenters. The summed E-state index contributed by atoms with van der Waals surface area (Å²) in [5, 5.41) is 0. The number of aryl methyl sites for hydroxylation is 1. The molecule has 19 heavy (non-hydrogen) atoms. The number of hydrogen-bond acceptors (Lipinski definition) is 4. The zero-order chi connectivity index (χ0) is 13.7. The highest BCUT2D eigenvalue weighted by atomic mass is 16.5. The minimum absolute atomic E-state index is 0.386. The van der Waals surface area contributed by atoms with Crippen LogP contribution in [0.25, 0.3) is 0 Å². The smallest absolute Gasteiger partial charge is 0.157 e. The molecule has 4 heteroatoms. The van der Waals surface area contributed by atoms with Crippen molar-refractivity contribution in [3.8, 4) is 11.5 Å². The van der Waals surface area contributed by atoms with Crippen LogP contribution >= 0.6 is 0 Å². The lowest BCUT2D eigenvalue weighted by atomic mass is 10.2. The molecule has 1 aromatic carbocycles. The molecule has 1 aromatic heterocycles. The molecule has 0 N–H and O–H groups in total. The van der Waals surface area contributed by atoms with Crippen LogP contribution in [0.3, 0.4) is 0 Å². The first-order chi connectivity index (χ1) is 9.26. The van der Waals surface area contributed by atoms with Crippen molar-refractivity contribution >= 4 is 6.29 Å². The van der Waals surface area contributed by atoms with Crippen molar-refractivity contribution in [3.05, 3.63) is 53.3 Å². The summed E-state index contributed by atoms with van der Waals surface area (Å²) in [7, 11) is 1.50. The Bertz CT molecular complexity index is 567. The lowest BCUT2D eigenvalue weighted by molar-refractivity contribution is 0.111. The third-order valence-electron chi connectivity index (χ3n) is 2.78. The molecular formula is C15H15NO3. The van der Waals surface area contributed by atoms with Crippen LogP contribution in [0, 0.1) is 6.92 Å². The second-order valence-electron chi connectivity index (χ2n) is 4.05. The molecule has 98 valence electrons. The van der Waals surface area contributed by atoms with E-state index in [0.29, 0.717) is 29.4 Å². The summed E-state index contributed by atoms with van der Waals surface area (Å²) in [4.78, 5) is 15.3. The van der Waals surface area contributed by atoms with Crippen molar-refractivity contribution in [3.63, 3.8) is 0 Å². The van der Waals surface area contributed by atoms with Crippen LogP contribution in [0.4, 0.5) is 0 Å². The molecule has 0 aliphatic heterocycles. The minimum Gasteiger partial charge on any atom is -0.494 e. The number of carbonyl (C=O) groups excluding carboxylic acids is 1. The molecule has 2 aromatic rings. The number of methoxy groups -OCH3 is 1. The first-order valence-electron chi connectivity index (χ1n) is 5.91. The first kappa shape index (κ1) is 13.1. The van der Waals surface area contributed by atoms with E-state index in [1.54, 1.807) is 6.92 Å². The van der Waals surface area contributed by atoms with Gasteiger partial charge in [-0.2, -0.15) is 0 Å². The van der Waals surface area contributed by atoms with Gasteiger partial charge in [0.15, 0.2) is 17.8 Å². The van der Waals surface area contributed by atoms with E-state index >= 15 is 0 Å². The highest BCUT2D eigenvalue weighted by Crippen LogP contribution is 2.29. The van der Waals surface area contributed by atoms with E-state index in [1.165, 1.54) is 13.3 Å². The van der Waals surface area contributed by atoms with Crippen LogP contribution in [0.1, 0.15) is 21.6 Å². The Morgan fingerprint density at radius 1 is 1.26 bits per heavy atom. The number of carbonyl (C=O) groups is 1. The lowest BCUT2D eigenvalue weighted by Crippen LogP contribution is -2.03. The van der Waals surface area contributed by atoms with Gasteiger partial charge in [0.25, 0.3) is 0 Å². The van der Waals surface area contributed by atoms with Crippen molar-refractivity contribution < 1.29 is 14.3 Å². The van der Waals surface area contributed by atoms with Crippen LogP contribution in [-0.4, -0.2) is 18.4 Å². The lowest BCUT2D eigenvalue weighted by Gasteiger charge is -2.13. The summed E-state index contributed by atoms with van der Waals surface area (Å²) in [6.07, 6.45) is 2.25.